The molecule has 134 valence electrons. The molecule has 0 amide bonds. The monoisotopic (exact) mass is 396 g/mol. The quantitative estimate of drug-likeness (QED) is 0.610. The molecule has 0 aliphatic heterocycles. The van der Waals surface area contributed by atoms with Gasteiger partial charge in [0.1, 0.15) is 4.90 Å². The number of benzene rings is 1. The number of hydrogen-bond donors (Lipinski definition) is 2. The zero-order chi connectivity index (χ0) is 18.2. The lowest BCUT2D eigenvalue weighted by atomic mass is 10.3. The molecule has 0 saturated carbocycles. The molecule has 0 saturated heterocycles. The van der Waals surface area contributed by atoms with Crippen molar-refractivity contribution in [2.45, 2.75) is 36.9 Å². The van der Waals surface area contributed by atoms with Crippen LogP contribution in [0.2, 0.25) is 0 Å². The van der Waals surface area contributed by atoms with Crippen LogP contribution >= 0.6 is 23.1 Å². The molecule has 0 bridgehead atoms. The fraction of sp³-hybridized carbons (Fsp3) is 0.375. The first kappa shape index (κ1) is 18.2. The third-order valence-corrected chi connectivity index (χ3v) is 7.72. The second kappa shape index (κ2) is 6.97. The van der Waals surface area contributed by atoms with E-state index in [4.69, 9.17) is 0 Å². The van der Waals surface area contributed by atoms with Gasteiger partial charge in [-0.3, -0.25) is 9.82 Å². The van der Waals surface area contributed by atoms with Gasteiger partial charge in [0.25, 0.3) is 10.0 Å². The SMILES string of the molecule is Cc1n[nH]c(C)c1S(=O)(=O)Nc1ccc2nc(SCC(C)C)sc2c1. The number of fused-ring (bicyclic) bond motifs is 1. The summed E-state index contributed by atoms with van der Waals surface area (Å²) in [5.41, 5.74) is 2.39. The van der Waals surface area contributed by atoms with Gasteiger partial charge in [0, 0.05) is 5.75 Å². The first-order chi connectivity index (χ1) is 11.8. The van der Waals surface area contributed by atoms with Gasteiger partial charge in [-0.25, -0.2) is 13.4 Å². The smallest absolute Gasteiger partial charge is 0.265 e. The van der Waals surface area contributed by atoms with Gasteiger partial charge in [0.2, 0.25) is 0 Å². The maximum Gasteiger partial charge on any atom is 0.265 e. The Hall–Kier alpha value is -1.58. The summed E-state index contributed by atoms with van der Waals surface area (Å²) in [6.07, 6.45) is 0. The number of aromatic amines is 1. The Morgan fingerprint density at radius 1 is 1.32 bits per heavy atom. The van der Waals surface area contributed by atoms with Gasteiger partial charge in [-0.1, -0.05) is 25.6 Å². The van der Waals surface area contributed by atoms with E-state index in [0.717, 1.165) is 20.3 Å². The number of nitrogens with one attached hydrogen (secondary N) is 2. The van der Waals surface area contributed by atoms with E-state index >= 15 is 0 Å². The molecule has 0 aliphatic rings. The fourth-order valence-corrected chi connectivity index (χ4v) is 5.92. The van der Waals surface area contributed by atoms with Crippen molar-refractivity contribution in [3.8, 4) is 0 Å². The van der Waals surface area contributed by atoms with Gasteiger partial charge in [0.15, 0.2) is 4.34 Å². The first-order valence-corrected chi connectivity index (χ1v) is 11.1. The molecule has 0 fully saturated rings. The molecule has 2 N–H and O–H groups in total. The van der Waals surface area contributed by atoms with Crippen LogP contribution < -0.4 is 4.72 Å². The van der Waals surface area contributed by atoms with E-state index < -0.39 is 10.0 Å². The molecule has 3 aromatic rings. The van der Waals surface area contributed by atoms with E-state index in [9.17, 15) is 8.42 Å². The number of rotatable bonds is 6. The number of H-pyrrole nitrogens is 1. The number of hydrogen-bond acceptors (Lipinski definition) is 6. The van der Waals surface area contributed by atoms with Crippen LogP contribution in [0.25, 0.3) is 10.2 Å². The summed E-state index contributed by atoms with van der Waals surface area (Å²) >= 11 is 3.31. The lowest BCUT2D eigenvalue weighted by Gasteiger charge is -2.08. The summed E-state index contributed by atoms with van der Waals surface area (Å²) in [4.78, 5) is 4.79. The Bertz CT molecular complexity index is 986. The first-order valence-electron chi connectivity index (χ1n) is 7.84. The average Bonchev–Trinajstić information content (AvgIpc) is 3.07. The van der Waals surface area contributed by atoms with Gasteiger partial charge in [-0.2, -0.15) is 5.10 Å². The highest BCUT2D eigenvalue weighted by Gasteiger charge is 2.22. The van der Waals surface area contributed by atoms with Crippen molar-refractivity contribution in [2.75, 3.05) is 10.5 Å². The molecular weight excluding hydrogens is 376 g/mol. The Morgan fingerprint density at radius 2 is 2.08 bits per heavy atom. The number of thiazole rings is 1. The average molecular weight is 397 g/mol. The van der Waals surface area contributed by atoms with Crippen LogP contribution in [-0.4, -0.2) is 29.4 Å². The predicted molar refractivity (Wildman–Crippen MR) is 104 cm³/mol. The number of sulfonamides is 1. The van der Waals surface area contributed by atoms with Crippen LogP contribution in [0.4, 0.5) is 5.69 Å². The van der Waals surface area contributed by atoms with E-state index in [0.29, 0.717) is 23.0 Å². The van der Waals surface area contributed by atoms with Crippen LogP contribution in [0.5, 0.6) is 0 Å². The number of nitrogens with zero attached hydrogens (tertiary/aromatic N) is 2. The highest BCUT2D eigenvalue weighted by atomic mass is 32.2. The summed E-state index contributed by atoms with van der Waals surface area (Å²) < 4.78 is 29.9. The molecule has 9 heteroatoms. The van der Waals surface area contributed by atoms with Crippen LogP contribution in [0.15, 0.2) is 27.4 Å². The molecule has 0 aliphatic carbocycles. The van der Waals surface area contributed by atoms with Gasteiger partial charge >= 0.3 is 0 Å². The summed E-state index contributed by atoms with van der Waals surface area (Å²) in [5, 5.41) is 6.66. The van der Waals surface area contributed by atoms with Gasteiger partial charge < -0.3 is 0 Å². The molecule has 2 aromatic heterocycles. The molecule has 0 atom stereocenters. The number of aromatic nitrogens is 3. The molecule has 0 spiro atoms. The Labute approximate surface area is 155 Å². The maximum absolute atomic E-state index is 12.6. The topological polar surface area (TPSA) is 87.7 Å². The van der Waals surface area contributed by atoms with Crippen molar-refractivity contribution < 1.29 is 8.42 Å². The van der Waals surface area contributed by atoms with Gasteiger partial charge in [-0.05, 0) is 38.0 Å². The van der Waals surface area contributed by atoms with Crippen molar-refractivity contribution in [3.63, 3.8) is 0 Å². The molecule has 2 heterocycles. The largest absolute Gasteiger partial charge is 0.281 e. The second-order valence-electron chi connectivity index (χ2n) is 6.24. The third kappa shape index (κ3) is 3.99. The molecule has 25 heavy (non-hydrogen) atoms. The van der Waals surface area contributed by atoms with Crippen molar-refractivity contribution in [3.05, 3.63) is 29.6 Å². The normalized spacial score (nSPS) is 12.2. The number of aryl methyl sites for hydroxylation is 2. The summed E-state index contributed by atoms with van der Waals surface area (Å²) in [7, 11) is -3.68. The van der Waals surface area contributed by atoms with Crippen molar-refractivity contribution in [1.29, 1.82) is 0 Å². The van der Waals surface area contributed by atoms with E-state index in [-0.39, 0.29) is 4.90 Å². The summed E-state index contributed by atoms with van der Waals surface area (Å²) in [5.74, 6) is 1.61. The third-order valence-electron chi connectivity index (χ3n) is 3.49. The van der Waals surface area contributed by atoms with Crippen molar-refractivity contribution in [1.82, 2.24) is 15.2 Å². The Kier molecular flexibility index (Phi) is 5.08. The van der Waals surface area contributed by atoms with E-state index in [1.54, 1.807) is 43.0 Å². The molecule has 6 nitrogen and oxygen atoms in total. The fourth-order valence-electron chi connectivity index (χ4n) is 2.41. The zero-order valence-corrected chi connectivity index (χ0v) is 16.9. The predicted octanol–water partition coefficient (Wildman–Crippen LogP) is 4.19. The van der Waals surface area contributed by atoms with Crippen LogP contribution in [0, 0.1) is 19.8 Å². The molecule has 1 aromatic carbocycles. The lowest BCUT2D eigenvalue weighted by Crippen LogP contribution is -2.14. The van der Waals surface area contributed by atoms with Crippen LogP contribution in [0.3, 0.4) is 0 Å². The van der Waals surface area contributed by atoms with E-state index in [2.05, 4.69) is 33.8 Å². The van der Waals surface area contributed by atoms with Crippen LogP contribution in [0.1, 0.15) is 25.2 Å². The summed E-state index contributed by atoms with van der Waals surface area (Å²) in [6.45, 7) is 7.71. The Morgan fingerprint density at radius 3 is 2.72 bits per heavy atom. The van der Waals surface area contributed by atoms with Crippen molar-refractivity contribution in [2.24, 2.45) is 5.92 Å². The molecule has 3 rings (SSSR count). The van der Waals surface area contributed by atoms with E-state index in [1.165, 1.54) is 0 Å². The minimum atomic E-state index is -3.68. The molecular formula is C16H20N4O2S3. The minimum Gasteiger partial charge on any atom is -0.281 e. The number of thioether (sulfide) groups is 1. The minimum absolute atomic E-state index is 0.199. The van der Waals surface area contributed by atoms with Crippen molar-refractivity contribution >= 4 is 49.0 Å². The maximum atomic E-state index is 12.6. The van der Waals surface area contributed by atoms with Crippen LogP contribution in [-0.2, 0) is 10.0 Å². The molecule has 0 radical (unpaired) electrons. The highest BCUT2D eigenvalue weighted by Crippen LogP contribution is 2.32. The highest BCUT2D eigenvalue weighted by molar-refractivity contribution is 8.01. The summed E-state index contributed by atoms with van der Waals surface area (Å²) in [6, 6.07) is 5.41. The number of anilines is 1. The van der Waals surface area contributed by atoms with Gasteiger partial charge in [0.05, 0.1) is 27.3 Å². The Balaban J connectivity index is 1.87. The van der Waals surface area contributed by atoms with Gasteiger partial charge in [-0.15, -0.1) is 11.3 Å². The van der Waals surface area contributed by atoms with E-state index in [1.807, 2.05) is 12.1 Å². The second-order valence-corrected chi connectivity index (χ2v) is 10.2. The molecule has 0 unspecified atom stereocenters. The standard InChI is InChI=1S/C16H20N4O2S3/c1-9(2)8-23-16-17-13-6-5-12(7-14(13)24-16)20-25(21,22)15-10(3)18-19-11(15)4/h5-7,9,20H,8H2,1-4H3,(H,18,19). The lowest BCUT2D eigenvalue weighted by molar-refractivity contribution is 0.600. The zero-order valence-electron chi connectivity index (χ0n) is 14.5.